The summed E-state index contributed by atoms with van der Waals surface area (Å²) in [6.07, 6.45) is 6.95. The number of aliphatic hydroxyl groups excluding tert-OH is 1. The summed E-state index contributed by atoms with van der Waals surface area (Å²) in [7, 11) is 0. The minimum atomic E-state index is 0.0642. The van der Waals surface area contributed by atoms with E-state index < -0.39 is 0 Å². The molecule has 11 heavy (non-hydrogen) atoms. The zero-order valence-electron chi connectivity index (χ0n) is 5.87. The Morgan fingerprint density at radius 2 is 2.45 bits per heavy atom. The van der Waals surface area contributed by atoms with Gasteiger partial charge in [-0.1, -0.05) is 12.2 Å². The topological polar surface area (TPSA) is 33.1 Å². The van der Waals surface area contributed by atoms with E-state index in [1.165, 1.54) is 0 Å². The lowest BCUT2D eigenvalue weighted by atomic mass is 10.2. The lowest BCUT2D eigenvalue weighted by Crippen LogP contribution is -1.78. The van der Waals surface area contributed by atoms with Gasteiger partial charge in [-0.2, -0.15) is 0 Å². The first-order valence-corrected chi connectivity index (χ1v) is 4.01. The zero-order valence-corrected chi connectivity index (χ0v) is 7.45. The first-order valence-electron chi connectivity index (χ1n) is 3.21. The van der Waals surface area contributed by atoms with Crippen LogP contribution >= 0.6 is 15.9 Å². The van der Waals surface area contributed by atoms with Gasteiger partial charge in [0.1, 0.15) is 0 Å². The summed E-state index contributed by atoms with van der Waals surface area (Å²) < 4.78 is 0.935. The number of rotatable bonds is 2. The zero-order chi connectivity index (χ0) is 8.10. The summed E-state index contributed by atoms with van der Waals surface area (Å²) in [5.41, 5.74) is 1.02. The molecule has 0 spiro atoms. The van der Waals surface area contributed by atoms with Crippen LogP contribution in [-0.2, 0) is 0 Å². The average Bonchev–Trinajstić information content (AvgIpc) is 2.03. The number of aromatic nitrogens is 1. The van der Waals surface area contributed by atoms with Crippen molar-refractivity contribution < 1.29 is 5.11 Å². The summed E-state index contributed by atoms with van der Waals surface area (Å²) in [4.78, 5) is 3.91. The van der Waals surface area contributed by atoms with Gasteiger partial charge in [-0.25, -0.2) is 0 Å². The highest BCUT2D eigenvalue weighted by molar-refractivity contribution is 9.10. The standard InChI is InChI=1S/C8H8BrNO/c9-8-6-10-4-3-7(8)2-1-5-11/h1-4,6,11H,5H2. The van der Waals surface area contributed by atoms with E-state index in [2.05, 4.69) is 20.9 Å². The maximum atomic E-state index is 8.50. The van der Waals surface area contributed by atoms with E-state index in [0.29, 0.717) is 0 Å². The molecule has 0 unspecified atom stereocenters. The fourth-order valence-electron chi connectivity index (χ4n) is 0.701. The smallest absolute Gasteiger partial charge is 0.0615 e. The molecule has 0 aliphatic heterocycles. The maximum absolute atomic E-state index is 8.50. The number of nitrogens with zero attached hydrogens (tertiary/aromatic N) is 1. The van der Waals surface area contributed by atoms with E-state index in [0.717, 1.165) is 10.0 Å². The highest BCUT2D eigenvalue weighted by Gasteiger charge is 1.91. The van der Waals surface area contributed by atoms with Gasteiger partial charge in [-0.3, -0.25) is 4.98 Å². The van der Waals surface area contributed by atoms with Gasteiger partial charge >= 0.3 is 0 Å². The van der Waals surface area contributed by atoms with Gasteiger partial charge in [0.05, 0.1) is 6.61 Å². The lowest BCUT2D eigenvalue weighted by Gasteiger charge is -1.94. The van der Waals surface area contributed by atoms with E-state index in [4.69, 9.17) is 5.11 Å². The molecule has 0 amide bonds. The predicted molar refractivity (Wildman–Crippen MR) is 48.1 cm³/mol. The molecule has 0 saturated heterocycles. The van der Waals surface area contributed by atoms with Crippen molar-refractivity contribution in [3.05, 3.63) is 34.6 Å². The molecule has 3 heteroatoms. The Morgan fingerprint density at radius 3 is 3.09 bits per heavy atom. The Morgan fingerprint density at radius 1 is 1.64 bits per heavy atom. The van der Waals surface area contributed by atoms with Crippen LogP contribution in [0.15, 0.2) is 29.0 Å². The molecule has 0 bridgehead atoms. The van der Waals surface area contributed by atoms with Gasteiger partial charge in [0, 0.05) is 16.9 Å². The first kappa shape index (κ1) is 8.43. The van der Waals surface area contributed by atoms with Gasteiger partial charge in [0.15, 0.2) is 0 Å². The molecule has 1 rings (SSSR count). The number of hydrogen-bond donors (Lipinski definition) is 1. The van der Waals surface area contributed by atoms with E-state index in [1.807, 2.05) is 12.1 Å². The number of aliphatic hydroxyl groups is 1. The number of hydrogen-bond acceptors (Lipinski definition) is 2. The molecule has 1 heterocycles. The summed E-state index contributed by atoms with van der Waals surface area (Å²) in [6, 6.07) is 1.87. The molecule has 2 nitrogen and oxygen atoms in total. The first-order chi connectivity index (χ1) is 5.34. The second kappa shape index (κ2) is 4.26. The molecule has 0 radical (unpaired) electrons. The van der Waals surface area contributed by atoms with Crippen molar-refractivity contribution in [2.24, 2.45) is 0 Å². The maximum Gasteiger partial charge on any atom is 0.0615 e. The molecule has 1 aromatic rings. The molecular weight excluding hydrogens is 206 g/mol. The number of halogens is 1. The van der Waals surface area contributed by atoms with E-state index in [1.54, 1.807) is 18.5 Å². The van der Waals surface area contributed by atoms with Crippen molar-refractivity contribution in [1.82, 2.24) is 4.98 Å². The van der Waals surface area contributed by atoms with Crippen LogP contribution in [0.5, 0.6) is 0 Å². The Balaban J connectivity index is 2.86. The molecule has 0 saturated carbocycles. The molecular formula is C8H8BrNO. The van der Waals surface area contributed by atoms with Gasteiger partial charge in [0.2, 0.25) is 0 Å². The van der Waals surface area contributed by atoms with Crippen LogP contribution in [0.1, 0.15) is 5.56 Å². The third-order valence-corrected chi connectivity index (χ3v) is 1.87. The Bertz CT molecular complexity index is 260. The Hall–Kier alpha value is -0.670. The molecule has 0 fully saturated rings. The van der Waals surface area contributed by atoms with Gasteiger partial charge in [-0.15, -0.1) is 0 Å². The SMILES string of the molecule is OCC=Cc1ccncc1Br. The molecule has 0 atom stereocenters. The summed E-state index contributed by atoms with van der Waals surface area (Å²) in [6.45, 7) is 0.0642. The van der Waals surface area contributed by atoms with Crippen molar-refractivity contribution >= 4 is 22.0 Å². The highest BCUT2D eigenvalue weighted by Crippen LogP contribution is 2.15. The van der Waals surface area contributed by atoms with Crippen LogP contribution < -0.4 is 0 Å². The molecule has 1 aromatic heterocycles. The molecule has 0 aromatic carbocycles. The fourth-order valence-corrected chi connectivity index (χ4v) is 1.08. The van der Waals surface area contributed by atoms with Gasteiger partial charge in [-0.05, 0) is 27.6 Å². The fraction of sp³-hybridized carbons (Fsp3) is 0.125. The third kappa shape index (κ3) is 2.44. The normalized spacial score (nSPS) is 10.7. The lowest BCUT2D eigenvalue weighted by molar-refractivity contribution is 0.343. The van der Waals surface area contributed by atoms with Crippen LogP contribution in [0.4, 0.5) is 0 Å². The Kier molecular flexibility index (Phi) is 3.26. The molecule has 1 N–H and O–H groups in total. The summed E-state index contributed by atoms with van der Waals surface area (Å²) >= 11 is 3.33. The predicted octanol–water partition coefficient (Wildman–Crippen LogP) is 1.85. The monoisotopic (exact) mass is 213 g/mol. The van der Waals surface area contributed by atoms with Crippen LogP contribution in [0.25, 0.3) is 6.08 Å². The third-order valence-electron chi connectivity index (χ3n) is 1.21. The quantitative estimate of drug-likeness (QED) is 0.814. The van der Waals surface area contributed by atoms with Crippen LogP contribution in [-0.4, -0.2) is 16.7 Å². The number of pyridine rings is 1. The van der Waals surface area contributed by atoms with E-state index in [-0.39, 0.29) is 6.61 Å². The molecule has 0 aliphatic rings. The highest BCUT2D eigenvalue weighted by atomic mass is 79.9. The van der Waals surface area contributed by atoms with Crippen molar-refractivity contribution in [3.8, 4) is 0 Å². The van der Waals surface area contributed by atoms with Crippen molar-refractivity contribution in [2.75, 3.05) is 6.61 Å². The van der Waals surface area contributed by atoms with E-state index in [9.17, 15) is 0 Å². The van der Waals surface area contributed by atoms with E-state index >= 15 is 0 Å². The summed E-state index contributed by atoms with van der Waals surface area (Å²) in [5, 5.41) is 8.50. The van der Waals surface area contributed by atoms with Crippen LogP contribution in [0.3, 0.4) is 0 Å². The minimum absolute atomic E-state index is 0.0642. The second-order valence-corrected chi connectivity index (χ2v) is 2.84. The second-order valence-electron chi connectivity index (χ2n) is 1.98. The molecule has 0 aliphatic carbocycles. The summed E-state index contributed by atoms with van der Waals surface area (Å²) in [5.74, 6) is 0. The van der Waals surface area contributed by atoms with Crippen LogP contribution in [0, 0.1) is 0 Å². The minimum Gasteiger partial charge on any atom is -0.392 e. The van der Waals surface area contributed by atoms with Gasteiger partial charge in [0.25, 0.3) is 0 Å². The van der Waals surface area contributed by atoms with Crippen molar-refractivity contribution in [3.63, 3.8) is 0 Å². The van der Waals surface area contributed by atoms with Gasteiger partial charge < -0.3 is 5.11 Å². The van der Waals surface area contributed by atoms with Crippen LogP contribution in [0.2, 0.25) is 0 Å². The van der Waals surface area contributed by atoms with Crippen molar-refractivity contribution in [2.45, 2.75) is 0 Å². The Labute approximate surface area is 73.7 Å². The van der Waals surface area contributed by atoms with Crippen molar-refractivity contribution in [1.29, 1.82) is 0 Å². The largest absolute Gasteiger partial charge is 0.392 e. The molecule has 58 valence electrons. The average molecular weight is 214 g/mol.